The molecule has 2 rings (SSSR count). The summed E-state index contributed by atoms with van der Waals surface area (Å²) >= 11 is 0. The second-order valence-electron chi connectivity index (χ2n) is 4.29. The molecule has 1 aromatic carbocycles. The van der Waals surface area contributed by atoms with Crippen molar-refractivity contribution in [2.24, 2.45) is 0 Å². The van der Waals surface area contributed by atoms with E-state index in [0.717, 1.165) is 11.1 Å². The molecule has 5 nitrogen and oxygen atoms in total. The maximum atomic E-state index is 12.1. The van der Waals surface area contributed by atoms with Crippen LogP contribution in [0.5, 0.6) is 0 Å². The lowest BCUT2D eigenvalue weighted by Gasteiger charge is -2.08. The second kappa shape index (κ2) is 5.48. The zero-order valence-corrected chi connectivity index (χ0v) is 10.9. The summed E-state index contributed by atoms with van der Waals surface area (Å²) in [6.45, 7) is 2.39. The van der Waals surface area contributed by atoms with Gasteiger partial charge in [0, 0.05) is 7.05 Å². The van der Waals surface area contributed by atoms with E-state index < -0.39 is 0 Å². The minimum atomic E-state index is -0.298. The smallest absolute Gasteiger partial charge is 0.291 e. The highest BCUT2D eigenvalue weighted by Crippen LogP contribution is 2.07. The van der Waals surface area contributed by atoms with E-state index in [4.69, 9.17) is 0 Å². The maximum absolute atomic E-state index is 12.1. The van der Waals surface area contributed by atoms with Crippen LogP contribution in [0.15, 0.2) is 35.3 Å². The molecule has 0 radical (unpaired) electrons. The molecule has 1 N–H and O–H groups in total. The fourth-order valence-corrected chi connectivity index (χ4v) is 1.82. The van der Waals surface area contributed by atoms with Gasteiger partial charge in [0.05, 0.1) is 18.3 Å². The van der Waals surface area contributed by atoms with Gasteiger partial charge < -0.3 is 5.32 Å². The van der Waals surface area contributed by atoms with Gasteiger partial charge in [-0.15, -0.1) is 0 Å². The Balaban J connectivity index is 2.38. The van der Waals surface area contributed by atoms with Crippen LogP contribution in [0.1, 0.15) is 21.5 Å². The summed E-state index contributed by atoms with van der Waals surface area (Å²) in [6.07, 6.45) is 2.02. The number of aromatic nitrogens is 2. The van der Waals surface area contributed by atoms with Crippen LogP contribution in [0.4, 0.5) is 5.69 Å². The van der Waals surface area contributed by atoms with Gasteiger partial charge in [-0.25, -0.2) is 4.68 Å². The van der Waals surface area contributed by atoms with Crippen molar-refractivity contribution in [3.63, 3.8) is 0 Å². The van der Waals surface area contributed by atoms with Gasteiger partial charge in [-0.1, -0.05) is 29.8 Å². The lowest BCUT2D eigenvalue weighted by Crippen LogP contribution is -2.26. The van der Waals surface area contributed by atoms with Gasteiger partial charge in [0.2, 0.25) is 0 Å². The van der Waals surface area contributed by atoms with Crippen LogP contribution in [-0.4, -0.2) is 23.1 Å². The van der Waals surface area contributed by atoms with Gasteiger partial charge in [-0.2, -0.15) is 5.10 Å². The Kier molecular flexibility index (Phi) is 3.75. The van der Waals surface area contributed by atoms with E-state index in [0.29, 0.717) is 12.8 Å². The molecule has 0 unspecified atom stereocenters. The minimum Gasteiger partial charge on any atom is -0.383 e. The van der Waals surface area contributed by atoms with E-state index in [1.165, 1.54) is 10.9 Å². The summed E-state index contributed by atoms with van der Waals surface area (Å²) in [5, 5.41) is 6.75. The summed E-state index contributed by atoms with van der Waals surface area (Å²) in [5.74, 6) is 0. The summed E-state index contributed by atoms with van der Waals surface area (Å²) in [6, 6.07) is 7.88. The van der Waals surface area contributed by atoms with Crippen molar-refractivity contribution in [1.82, 2.24) is 9.78 Å². The maximum Gasteiger partial charge on any atom is 0.291 e. The van der Waals surface area contributed by atoms with Gasteiger partial charge in [0.1, 0.15) is 5.69 Å². The van der Waals surface area contributed by atoms with Crippen molar-refractivity contribution in [2.75, 3.05) is 12.4 Å². The molecule has 0 aliphatic rings. The SMILES string of the molecule is CNc1c(C=O)cnn(Cc2ccc(C)cc2)c1=O. The monoisotopic (exact) mass is 257 g/mol. The Bertz CT molecular complexity index is 645. The number of rotatable bonds is 4. The number of hydrogen-bond donors (Lipinski definition) is 1. The fraction of sp³-hybridized carbons (Fsp3) is 0.214. The van der Waals surface area contributed by atoms with Crippen LogP contribution >= 0.6 is 0 Å². The predicted molar refractivity (Wildman–Crippen MR) is 73.7 cm³/mol. The number of nitrogens with one attached hydrogen (secondary N) is 1. The molecule has 0 atom stereocenters. The first-order valence-electron chi connectivity index (χ1n) is 5.94. The van der Waals surface area contributed by atoms with E-state index in [1.54, 1.807) is 7.05 Å². The summed E-state index contributed by atoms with van der Waals surface area (Å²) in [5.41, 5.74) is 2.40. The Labute approximate surface area is 110 Å². The van der Waals surface area contributed by atoms with E-state index in [9.17, 15) is 9.59 Å². The van der Waals surface area contributed by atoms with Gasteiger partial charge >= 0.3 is 0 Å². The number of aldehydes is 1. The van der Waals surface area contributed by atoms with Gasteiger partial charge in [-0.05, 0) is 12.5 Å². The molecule has 2 aromatic rings. The van der Waals surface area contributed by atoms with E-state index in [1.807, 2.05) is 31.2 Å². The van der Waals surface area contributed by atoms with Gasteiger partial charge in [-0.3, -0.25) is 9.59 Å². The van der Waals surface area contributed by atoms with Gasteiger partial charge in [0.25, 0.3) is 5.56 Å². The number of nitrogens with zero attached hydrogens (tertiary/aromatic N) is 2. The van der Waals surface area contributed by atoms with Crippen LogP contribution in [0, 0.1) is 6.92 Å². The van der Waals surface area contributed by atoms with Crippen LogP contribution in [0.25, 0.3) is 0 Å². The molecule has 1 aromatic heterocycles. The molecule has 5 heteroatoms. The highest BCUT2D eigenvalue weighted by atomic mass is 16.1. The van der Waals surface area contributed by atoms with Crippen LogP contribution in [0.2, 0.25) is 0 Å². The number of aryl methyl sites for hydroxylation is 1. The number of benzene rings is 1. The van der Waals surface area contributed by atoms with Crippen molar-refractivity contribution in [1.29, 1.82) is 0 Å². The lowest BCUT2D eigenvalue weighted by molar-refractivity contribution is 0.112. The Morgan fingerprint density at radius 1 is 1.32 bits per heavy atom. The zero-order chi connectivity index (χ0) is 13.8. The first-order valence-corrected chi connectivity index (χ1v) is 5.94. The second-order valence-corrected chi connectivity index (χ2v) is 4.29. The fourth-order valence-electron chi connectivity index (χ4n) is 1.82. The molecule has 0 aliphatic carbocycles. The molecule has 0 amide bonds. The third-order valence-corrected chi connectivity index (χ3v) is 2.90. The average molecular weight is 257 g/mol. The zero-order valence-electron chi connectivity index (χ0n) is 10.9. The Morgan fingerprint density at radius 2 is 2.00 bits per heavy atom. The molecule has 19 heavy (non-hydrogen) atoms. The Morgan fingerprint density at radius 3 is 2.58 bits per heavy atom. The number of carbonyl (C=O) groups excluding carboxylic acids is 1. The predicted octanol–water partition coefficient (Wildman–Crippen LogP) is 1.45. The summed E-state index contributed by atoms with van der Waals surface area (Å²) < 4.78 is 1.34. The van der Waals surface area contributed by atoms with Crippen LogP contribution in [-0.2, 0) is 6.54 Å². The van der Waals surface area contributed by atoms with Gasteiger partial charge in [0.15, 0.2) is 6.29 Å². The standard InChI is InChI=1S/C14H15N3O2/c1-10-3-5-11(6-4-10)8-17-14(19)13(15-2)12(9-18)7-16-17/h3-7,9,15H,8H2,1-2H3. The quantitative estimate of drug-likeness (QED) is 0.842. The molecule has 0 fully saturated rings. The summed E-state index contributed by atoms with van der Waals surface area (Å²) in [4.78, 5) is 22.9. The van der Waals surface area contributed by atoms with E-state index in [2.05, 4.69) is 10.4 Å². The molecule has 0 bridgehead atoms. The topological polar surface area (TPSA) is 64.0 Å². The molecule has 0 aliphatic heterocycles. The first-order chi connectivity index (χ1) is 9.15. The van der Waals surface area contributed by atoms with Crippen molar-refractivity contribution >= 4 is 12.0 Å². The Hall–Kier alpha value is -2.43. The minimum absolute atomic E-state index is 0.271. The molecule has 0 spiro atoms. The third-order valence-electron chi connectivity index (χ3n) is 2.90. The molecular formula is C14H15N3O2. The van der Waals surface area contributed by atoms with E-state index in [-0.39, 0.29) is 16.8 Å². The third kappa shape index (κ3) is 2.70. The van der Waals surface area contributed by atoms with Crippen LogP contribution < -0.4 is 10.9 Å². The number of hydrogen-bond acceptors (Lipinski definition) is 4. The van der Waals surface area contributed by atoms with Crippen LogP contribution in [0.3, 0.4) is 0 Å². The van der Waals surface area contributed by atoms with Crippen molar-refractivity contribution in [2.45, 2.75) is 13.5 Å². The normalized spacial score (nSPS) is 10.2. The van der Waals surface area contributed by atoms with E-state index >= 15 is 0 Å². The van der Waals surface area contributed by atoms with Crippen molar-refractivity contribution in [3.8, 4) is 0 Å². The molecule has 1 heterocycles. The average Bonchev–Trinajstić information content (AvgIpc) is 2.43. The molecule has 98 valence electrons. The van der Waals surface area contributed by atoms with Crippen molar-refractivity contribution < 1.29 is 4.79 Å². The first kappa shape index (κ1) is 13.0. The number of carbonyl (C=O) groups is 1. The molecular weight excluding hydrogens is 242 g/mol. The molecule has 0 saturated carbocycles. The highest BCUT2D eigenvalue weighted by Gasteiger charge is 2.09. The largest absolute Gasteiger partial charge is 0.383 e. The number of anilines is 1. The highest BCUT2D eigenvalue weighted by molar-refractivity contribution is 5.82. The summed E-state index contributed by atoms with van der Waals surface area (Å²) in [7, 11) is 1.61. The molecule has 0 saturated heterocycles. The lowest BCUT2D eigenvalue weighted by atomic mass is 10.1. The van der Waals surface area contributed by atoms with Crippen molar-refractivity contribution in [3.05, 3.63) is 57.5 Å².